The number of carbonyl (C=O) groups excluding carboxylic acids is 2. The second-order valence-corrected chi connectivity index (χ2v) is 3.00. The van der Waals surface area contributed by atoms with Crippen molar-refractivity contribution in [2.24, 2.45) is 0 Å². The predicted octanol–water partition coefficient (Wildman–Crippen LogP) is 0.258. The van der Waals surface area contributed by atoms with Crippen LogP contribution in [-0.2, 0) is 9.59 Å². The molecule has 0 radical (unpaired) electrons. The van der Waals surface area contributed by atoms with Crippen molar-refractivity contribution in [1.82, 2.24) is 10.6 Å². The van der Waals surface area contributed by atoms with Gasteiger partial charge in [-0.2, -0.15) is 0 Å². The van der Waals surface area contributed by atoms with Gasteiger partial charge in [0.1, 0.15) is 0 Å². The van der Waals surface area contributed by atoms with E-state index in [2.05, 4.69) is 10.6 Å². The first-order chi connectivity index (χ1) is 6.16. The fourth-order valence-electron chi connectivity index (χ4n) is 0.756. The van der Waals surface area contributed by atoms with E-state index in [-0.39, 0.29) is 11.8 Å². The minimum Gasteiger partial charge on any atom is -0.355 e. The van der Waals surface area contributed by atoms with E-state index in [0.29, 0.717) is 31.8 Å². The van der Waals surface area contributed by atoms with E-state index in [1.54, 1.807) is 0 Å². The molecular formula is C8H15ClN2O2. The Hall–Kier alpha value is -0.770. The zero-order valence-corrected chi connectivity index (χ0v) is 8.49. The number of carbonyl (C=O) groups is 2. The quantitative estimate of drug-likeness (QED) is 0.484. The normalized spacial score (nSPS) is 9.38. The van der Waals surface area contributed by atoms with Crippen molar-refractivity contribution in [3.05, 3.63) is 0 Å². The molecule has 0 aliphatic carbocycles. The van der Waals surface area contributed by atoms with Crippen molar-refractivity contribution < 1.29 is 9.59 Å². The van der Waals surface area contributed by atoms with Gasteiger partial charge in [0, 0.05) is 32.3 Å². The molecule has 0 aromatic heterocycles. The molecular weight excluding hydrogens is 192 g/mol. The Morgan fingerprint density at radius 3 is 2.38 bits per heavy atom. The SMILES string of the molecule is CC(=O)NCCNC(=O)CCCCl. The van der Waals surface area contributed by atoms with Gasteiger partial charge in [0.25, 0.3) is 0 Å². The standard InChI is InChI=1S/C8H15ClN2O2/c1-7(12)10-5-6-11-8(13)3-2-4-9/h2-6H2,1H3,(H,10,12)(H,11,13). The molecule has 4 nitrogen and oxygen atoms in total. The van der Waals surface area contributed by atoms with E-state index < -0.39 is 0 Å². The minimum atomic E-state index is -0.0880. The maximum absolute atomic E-state index is 11.0. The van der Waals surface area contributed by atoms with Gasteiger partial charge in [-0.1, -0.05) is 0 Å². The summed E-state index contributed by atoms with van der Waals surface area (Å²) in [4.78, 5) is 21.4. The Kier molecular flexibility index (Phi) is 7.39. The lowest BCUT2D eigenvalue weighted by Gasteiger charge is -2.04. The molecule has 0 aromatic rings. The van der Waals surface area contributed by atoms with Gasteiger partial charge in [-0.05, 0) is 6.42 Å². The molecule has 0 aromatic carbocycles. The van der Waals surface area contributed by atoms with E-state index in [1.807, 2.05) is 0 Å². The summed E-state index contributed by atoms with van der Waals surface area (Å²) in [6, 6.07) is 0. The van der Waals surface area contributed by atoms with Crippen molar-refractivity contribution in [2.75, 3.05) is 19.0 Å². The van der Waals surface area contributed by atoms with E-state index >= 15 is 0 Å². The summed E-state index contributed by atoms with van der Waals surface area (Å²) in [5.41, 5.74) is 0. The van der Waals surface area contributed by atoms with Crippen LogP contribution >= 0.6 is 11.6 Å². The summed E-state index contributed by atoms with van der Waals surface area (Å²) in [5.74, 6) is 0.389. The van der Waals surface area contributed by atoms with Crippen LogP contribution in [0, 0.1) is 0 Å². The van der Waals surface area contributed by atoms with Crippen molar-refractivity contribution in [3.8, 4) is 0 Å². The van der Waals surface area contributed by atoms with Gasteiger partial charge < -0.3 is 10.6 Å². The summed E-state index contributed by atoms with van der Waals surface area (Å²) in [5, 5.41) is 5.24. The zero-order valence-electron chi connectivity index (χ0n) is 7.73. The van der Waals surface area contributed by atoms with Crippen LogP contribution in [0.2, 0.25) is 0 Å². The van der Waals surface area contributed by atoms with Gasteiger partial charge in [0.05, 0.1) is 0 Å². The van der Waals surface area contributed by atoms with Crippen LogP contribution in [0.15, 0.2) is 0 Å². The Balaban J connectivity index is 3.22. The summed E-state index contributed by atoms with van der Waals surface area (Å²) in [7, 11) is 0. The molecule has 5 heteroatoms. The Bertz CT molecular complexity index is 174. The molecule has 2 N–H and O–H groups in total. The van der Waals surface area contributed by atoms with Crippen LogP contribution < -0.4 is 10.6 Å². The van der Waals surface area contributed by atoms with Gasteiger partial charge in [-0.25, -0.2) is 0 Å². The van der Waals surface area contributed by atoms with E-state index in [9.17, 15) is 9.59 Å². The number of rotatable bonds is 6. The van der Waals surface area contributed by atoms with Crippen LogP contribution in [0.25, 0.3) is 0 Å². The molecule has 2 amide bonds. The monoisotopic (exact) mass is 206 g/mol. The number of halogens is 1. The van der Waals surface area contributed by atoms with Gasteiger partial charge in [-0.15, -0.1) is 11.6 Å². The predicted molar refractivity (Wildman–Crippen MR) is 51.6 cm³/mol. The maximum atomic E-state index is 11.0. The maximum Gasteiger partial charge on any atom is 0.220 e. The lowest BCUT2D eigenvalue weighted by molar-refractivity contribution is -0.122. The third-order valence-electron chi connectivity index (χ3n) is 1.36. The smallest absolute Gasteiger partial charge is 0.220 e. The molecule has 0 heterocycles. The van der Waals surface area contributed by atoms with E-state index in [4.69, 9.17) is 11.6 Å². The van der Waals surface area contributed by atoms with Gasteiger partial charge in [0.2, 0.25) is 11.8 Å². The lowest BCUT2D eigenvalue weighted by Crippen LogP contribution is -2.33. The summed E-state index contributed by atoms with van der Waals surface area (Å²) in [6.45, 7) is 2.39. The summed E-state index contributed by atoms with van der Waals surface area (Å²) in [6.07, 6.45) is 1.14. The van der Waals surface area contributed by atoms with E-state index in [0.717, 1.165) is 0 Å². The fraction of sp³-hybridized carbons (Fsp3) is 0.750. The molecule has 0 spiro atoms. The number of hydrogen-bond donors (Lipinski definition) is 2. The van der Waals surface area contributed by atoms with Gasteiger partial charge in [-0.3, -0.25) is 9.59 Å². The highest BCUT2D eigenvalue weighted by Crippen LogP contribution is 1.90. The first-order valence-electron chi connectivity index (χ1n) is 4.24. The lowest BCUT2D eigenvalue weighted by atomic mass is 10.3. The van der Waals surface area contributed by atoms with Crippen LogP contribution in [0.4, 0.5) is 0 Å². The first-order valence-corrected chi connectivity index (χ1v) is 4.77. The largest absolute Gasteiger partial charge is 0.355 e. The second kappa shape index (κ2) is 7.86. The number of hydrogen-bond acceptors (Lipinski definition) is 2. The molecule has 0 fully saturated rings. The molecule has 0 aliphatic heterocycles. The number of alkyl halides is 1. The molecule has 0 saturated carbocycles. The molecule has 0 saturated heterocycles. The van der Waals surface area contributed by atoms with Crippen molar-refractivity contribution >= 4 is 23.4 Å². The first kappa shape index (κ1) is 12.2. The van der Waals surface area contributed by atoms with Crippen LogP contribution in [0.1, 0.15) is 19.8 Å². The Morgan fingerprint density at radius 1 is 1.23 bits per heavy atom. The third kappa shape index (κ3) is 9.14. The van der Waals surface area contributed by atoms with Crippen LogP contribution in [0.5, 0.6) is 0 Å². The molecule has 76 valence electrons. The average Bonchev–Trinajstić information content (AvgIpc) is 2.08. The number of nitrogens with one attached hydrogen (secondary N) is 2. The Morgan fingerprint density at radius 2 is 1.85 bits per heavy atom. The minimum absolute atomic E-state index is 0.0222. The summed E-state index contributed by atoms with van der Waals surface area (Å²) >= 11 is 5.41. The second-order valence-electron chi connectivity index (χ2n) is 2.63. The fourth-order valence-corrected chi connectivity index (χ4v) is 0.890. The number of amides is 2. The van der Waals surface area contributed by atoms with Crippen molar-refractivity contribution in [3.63, 3.8) is 0 Å². The zero-order chi connectivity index (χ0) is 10.1. The highest BCUT2D eigenvalue weighted by Gasteiger charge is 1.98. The Labute approximate surface area is 83.0 Å². The summed E-state index contributed by atoms with van der Waals surface area (Å²) < 4.78 is 0. The molecule has 0 unspecified atom stereocenters. The van der Waals surface area contributed by atoms with E-state index in [1.165, 1.54) is 6.92 Å². The van der Waals surface area contributed by atoms with Gasteiger partial charge >= 0.3 is 0 Å². The topological polar surface area (TPSA) is 58.2 Å². The van der Waals surface area contributed by atoms with Crippen LogP contribution in [0.3, 0.4) is 0 Å². The van der Waals surface area contributed by atoms with Crippen molar-refractivity contribution in [1.29, 1.82) is 0 Å². The molecule has 13 heavy (non-hydrogen) atoms. The molecule has 0 aliphatic rings. The highest BCUT2D eigenvalue weighted by atomic mass is 35.5. The molecule has 0 bridgehead atoms. The third-order valence-corrected chi connectivity index (χ3v) is 1.63. The van der Waals surface area contributed by atoms with Crippen LogP contribution in [-0.4, -0.2) is 30.8 Å². The molecule has 0 rings (SSSR count). The van der Waals surface area contributed by atoms with Crippen molar-refractivity contribution in [2.45, 2.75) is 19.8 Å². The van der Waals surface area contributed by atoms with Gasteiger partial charge in [0.15, 0.2) is 0 Å². The molecule has 0 atom stereocenters. The highest BCUT2D eigenvalue weighted by molar-refractivity contribution is 6.17. The average molecular weight is 207 g/mol.